The largest absolute Gasteiger partial charge is 0.496 e. The average molecular weight is 431 g/mol. The van der Waals surface area contributed by atoms with Gasteiger partial charge in [0, 0.05) is 22.9 Å². The van der Waals surface area contributed by atoms with E-state index in [1.165, 1.54) is 17.7 Å². The van der Waals surface area contributed by atoms with E-state index in [2.05, 4.69) is 76.3 Å². The standard InChI is InChI=1S/C28H31FN2O/c1-16-8-7-9-17(2)24(16)27(30)26-21(20-11-10-19(29)14-23(20)32-6)12-13-22-25(26)18(3)15-28(4,5)31-22/h7-15,27,31H,30H2,1-6H3. The highest BCUT2D eigenvalue weighted by Crippen LogP contribution is 2.46. The summed E-state index contributed by atoms with van der Waals surface area (Å²) in [7, 11) is 1.57. The Hall–Kier alpha value is -3.11. The number of hydrogen-bond donors (Lipinski definition) is 2. The van der Waals surface area contributed by atoms with E-state index >= 15 is 0 Å². The predicted octanol–water partition coefficient (Wildman–Crippen LogP) is 6.77. The Morgan fingerprint density at radius 3 is 2.25 bits per heavy atom. The molecule has 4 heteroatoms. The molecule has 1 heterocycles. The Balaban J connectivity index is 2.06. The quantitative estimate of drug-likeness (QED) is 0.480. The van der Waals surface area contributed by atoms with Gasteiger partial charge in [-0.25, -0.2) is 4.39 Å². The molecular formula is C28H31FN2O. The van der Waals surface area contributed by atoms with Crippen molar-refractivity contribution in [2.75, 3.05) is 12.4 Å². The summed E-state index contributed by atoms with van der Waals surface area (Å²) in [5, 5.41) is 3.64. The van der Waals surface area contributed by atoms with Gasteiger partial charge in [-0.1, -0.05) is 30.3 Å². The van der Waals surface area contributed by atoms with Crippen LogP contribution in [0, 0.1) is 19.7 Å². The summed E-state index contributed by atoms with van der Waals surface area (Å²) in [5.41, 5.74) is 16.4. The summed E-state index contributed by atoms with van der Waals surface area (Å²) in [5.74, 6) is 0.161. The normalized spacial score (nSPS) is 15.4. The lowest BCUT2D eigenvalue weighted by atomic mass is 9.79. The first-order valence-electron chi connectivity index (χ1n) is 10.9. The molecule has 1 aliphatic rings. The van der Waals surface area contributed by atoms with Crippen molar-refractivity contribution in [2.45, 2.75) is 46.2 Å². The zero-order valence-electron chi connectivity index (χ0n) is 19.6. The van der Waals surface area contributed by atoms with Crippen LogP contribution < -0.4 is 15.8 Å². The number of benzene rings is 3. The van der Waals surface area contributed by atoms with Crippen molar-refractivity contribution in [2.24, 2.45) is 5.73 Å². The lowest BCUT2D eigenvalue weighted by molar-refractivity contribution is 0.413. The lowest BCUT2D eigenvalue weighted by Crippen LogP contribution is -2.32. The summed E-state index contributed by atoms with van der Waals surface area (Å²) in [4.78, 5) is 0. The van der Waals surface area contributed by atoms with Crippen molar-refractivity contribution >= 4 is 11.3 Å². The second-order valence-electron chi connectivity index (χ2n) is 9.25. The molecule has 0 amide bonds. The van der Waals surface area contributed by atoms with Crippen LogP contribution in [0.1, 0.15) is 54.6 Å². The molecular weight excluding hydrogens is 399 g/mol. The number of allylic oxidation sites excluding steroid dienone is 1. The van der Waals surface area contributed by atoms with E-state index in [1.807, 2.05) is 0 Å². The Morgan fingerprint density at radius 2 is 1.59 bits per heavy atom. The minimum absolute atomic E-state index is 0.161. The van der Waals surface area contributed by atoms with Crippen LogP contribution in [0.4, 0.5) is 10.1 Å². The van der Waals surface area contributed by atoms with E-state index in [0.717, 1.165) is 44.6 Å². The molecule has 1 atom stereocenters. The van der Waals surface area contributed by atoms with Crippen LogP contribution in [0.15, 0.2) is 54.6 Å². The maximum atomic E-state index is 14.0. The lowest BCUT2D eigenvalue weighted by Gasteiger charge is -2.35. The zero-order chi connectivity index (χ0) is 23.2. The van der Waals surface area contributed by atoms with Gasteiger partial charge in [-0.3, -0.25) is 0 Å². The van der Waals surface area contributed by atoms with Gasteiger partial charge in [0.05, 0.1) is 18.7 Å². The average Bonchev–Trinajstić information content (AvgIpc) is 2.72. The van der Waals surface area contributed by atoms with Gasteiger partial charge in [0.2, 0.25) is 0 Å². The van der Waals surface area contributed by atoms with Gasteiger partial charge < -0.3 is 15.8 Å². The molecule has 3 N–H and O–H groups in total. The smallest absolute Gasteiger partial charge is 0.129 e. The van der Waals surface area contributed by atoms with Crippen LogP contribution in [0.5, 0.6) is 5.75 Å². The molecule has 0 fully saturated rings. The van der Waals surface area contributed by atoms with Crippen LogP contribution in [0.2, 0.25) is 0 Å². The monoisotopic (exact) mass is 430 g/mol. The zero-order valence-corrected chi connectivity index (χ0v) is 19.6. The van der Waals surface area contributed by atoms with Crippen LogP contribution in [0.3, 0.4) is 0 Å². The molecule has 0 radical (unpaired) electrons. The van der Waals surface area contributed by atoms with Crippen LogP contribution in [-0.2, 0) is 0 Å². The fourth-order valence-electron chi connectivity index (χ4n) is 5.05. The topological polar surface area (TPSA) is 47.3 Å². The third-order valence-corrected chi connectivity index (χ3v) is 6.29. The summed E-state index contributed by atoms with van der Waals surface area (Å²) in [6, 6.07) is 14.7. The van der Waals surface area contributed by atoms with Gasteiger partial charge in [0.25, 0.3) is 0 Å². The number of fused-ring (bicyclic) bond motifs is 1. The second kappa shape index (κ2) is 8.10. The van der Waals surface area contributed by atoms with Crippen LogP contribution in [-0.4, -0.2) is 12.6 Å². The Morgan fingerprint density at radius 1 is 0.938 bits per heavy atom. The van der Waals surface area contributed by atoms with Gasteiger partial charge in [-0.15, -0.1) is 0 Å². The minimum atomic E-state index is -0.359. The minimum Gasteiger partial charge on any atom is -0.496 e. The number of anilines is 1. The number of methoxy groups -OCH3 is 1. The molecule has 3 aromatic rings. The molecule has 0 saturated heterocycles. The van der Waals surface area contributed by atoms with Crippen LogP contribution >= 0.6 is 0 Å². The third-order valence-electron chi connectivity index (χ3n) is 6.29. The van der Waals surface area contributed by atoms with Crippen molar-refractivity contribution in [3.8, 4) is 16.9 Å². The summed E-state index contributed by atoms with van der Waals surface area (Å²) < 4.78 is 19.5. The Kier molecular flexibility index (Phi) is 5.59. The van der Waals surface area contributed by atoms with Crippen molar-refractivity contribution in [3.63, 3.8) is 0 Å². The first-order valence-corrected chi connectivity index (χ1v) is 10.9. The SMILES string of the molecule is COc1cc(F)ccc1-c1ccc2c(c1C(N)c1c(C)cccc1C)C(C)=CC(C)(C)N2. The van der Waals surface area contributed by atoms with Crippen LogP contribution in [0.25, 0.3) is 16.7 Å². The molecule has 0 spiro atoms. The predicted molar refractivity (Wildman–Crippen MR) is 132 cm³/mol. The molecule has 1 unspecified atom stereocenters. The molecule has 0 aliphatic carbocycles. The number of nitrogens with one attached hydrogen (secondary N) is 1. The number of nitrogens with two attached hydrogens (primary N) is 1. The first-order chi connectivity index (χ1) is 15.1. The highest BCUT2D eigenvalue weighted by molar-refractivity contribution is 5.89. The van der Waals surface area contributed by atoms with E-state index in [0.29, 0.717) is 5.75 Å². The first kappa shape index (κ1) is 22.1. The van der Waals surface area contributed by atoms with Crippen molar-refractivity contribution in [1.82, 2.24) is 0 Å². The number of rotatable bonds is 4. The van der Waals surface area contributed by atoms with E-state index in [1.54, 1.807) is 13.2 Å². The van der Waals surface area contributed by atoms with E-state index < -0.39 is 0 Å². The number of halogens is 1. The molecule has 0 saturated carbocycles. The number of ether oxygens (including phenoxy) is 1. The van der Waals surface area contributed by atoms with Gasteiger partial charge in [-0.2, -0.15) is 0 Å². The maximum absolute atomic E-state index is 14.0. The second-order valence-corrected chi connectivity index (χ2v) is 9.25. The fraction of sp³-hybridized carbons (Fsp3) is 0.286. The van der Waals surface area contributed by atoms with Crippen molar-refractivity contribution in [1.29, 1.82) is 0 Å². The molecule has 3 aromatic carbocycles. The molecule has 0 aromatic heterocycles. The molecule has 1 aliphatic heterocycles. The van der Waals surface area contributed by atoms with Gasteiger partial charge in [0.1, 0.15) is 11.6 Å². The molecule has 3 nitrogen and oxygen atoms in total. The highest BCUT2D eigenvalue weighted by atomic mass is 19.1. The molecule has 4 rings (SSSR count). The Bertz CT molecular complexity index is 1210. The molecule has 32 heavy (non-hydrogen) atoms. The van der Waals surface area contributed by atoms with Gasteiger partial charge in [0.15, 0.2) is 0 Å². The highest BCUT2D eigenvalue weighted by Gasteiger charge is 2.30. The number of aryl methyl sites for hydroxylation is 2. The Labute approximate surface area is 190 Å². The fourth-order valence-corrected chi connectivity index (χ4v) is 5.05. The van der Waals surface area contributed by atoms with E-state index in [-0.39, 0.29) is 17.4 Å². The summed E-state index contributed by atoms with van der Waals surface area (Å²) in [6.45, 7) is 10.6. The van der Waals surface area contributed by atoms with Crippen molar-refractivity contribution in [3.05, 3.63) is 88.2 Å². The van der Waals surface area contributed by atoms with Gasteiger partial charge >= 0.3 is 0 Å². The maximum Gasteiger partial charge on any atom is 0.129 e. The molecule has 0 bridgehead atoms. The van der Waals surface area contributed by atoms with E-state index in [9.17, 15) is 4.39 Å². The van der Waals surface area contributed by atoms with Crippen molar-refractivity contribution < 1.29 is 9.13 Å². The third kappa shape index (κ3) is 3.80. The molecule has 166 valence electrons. The van der Waals surface area contributed by atoms with E-state index in [4.69, 9.17) is 10.5 Å². The number of hydrogen-bond acceptors (Lipinski definition) is 3. The summed E-state index contributed by atoms with van der Waals surface area (Å²) in [6.07, 6.45) is 2.24. The summed E-state index contributed by atoms with van der Waals surface area (Å²) >= 11 is 0. The van der Waals surface area contributed by atoms with Gasteiger partial charge in [-0.05, 0) is 86.2 Å².